The molecule has 0 radical (unpaired) electrons. The van der Waals surface area contributed by atoms with Crippen LogP contribution in [0.1, 0.15) is 18.4 Å². The van der Waals surface area contributed by atoms with Crippen molar-refractivity contribution in [2.24, 2.45) is 5.10 Å². The summed E-state index contributed by atoms with van der Waals surface area (Å²) in [6.07, 6.45) is 1.46. The molecule has 2 aromatic heterocycles. The van der Waals surface area contributed by atoms with Gasteiger partial charge in [0.15, 0.2) is 11.0 Å². The zero-order valence-electron chi connectivity index (χ0n) is 18.3. The van der Waals surface area contributed by atoms with Gasteiger partial charge >= 0.3 is 0 Å². The molecule has 8 nitrogen and oxygen atoms in total. The third kappa shape index (κ3) is 5.69. The average Bonchev–Trinajstić information content (AvgIpc) is 3.45. The lowest BCUT2D eigenvalue weighted by Gasteiger charge is -2.11. The van der Waals surface area contributed by atoms with Crippen LogP contribution in [0, 0.1) is 6.92 Å². The van der Waals surface area contributed by atoms with Crippen LogP contribution in [0.2, 0.25) is 0 Å². The number of amides is 1. The van der Waals surface area contributed by atoms with E-state index >= 15 is 0 Å². The van der Waals surface area contributed by atoms with Crippen LogP contribution in [0.4, 0.5) is 0 Å². The van der Waals surface area contributed by atoms with E-state index < -0.39 is 0 Å². The maximum Gasteiger partial charge on any atom is 0.250 e. The number of aryl methyl sites for hydroxylation is 1. The lowest BCUT2D eigenvalue weighted by molar-refractivity contribution is -0.118. The lowest BCUT2D eigenvalue weighted by atomic mass is 10.2. The molecular formula is C24H23N5O3S. The molecule has 2 aromatic carbocycles. The van der Waals surface area contributed by atoms with Gasteiger partial charge in [0, 0.05) is 11.3 Å². The summed E-state index contributed by atoms with van der Waals surface area (Å²) in [5, 5.41) is 13.3. The summed E-state index contributed by atoms with van der Waals surface area (Å²) in [6.45, 7) is 4.39. The number of benzene rings is 2. The predicted molar refractivity (Wildman–Crippen MR) is 128 cm³/mol. The van der Waals surface area contributed by atoms with Crippen molar-refractivity contribution in [1.82, 2.24) is 20.2 Å². The first-order valence-corrected chi connectivity index (χ1v) is 11.4. The third-order valence-corrected chi connectivity index (χ3v) is 5.47. The van der Waals surface area contributed by atoms with Crippen molar-refractivity contribution in [1.29, 1.82) is 0 Å². The number of carbonyl (C=O) groups excluding carboxylic acids is 1. The van der Waals surface area contributed by atoms with E-state index in [1.54, 1.807) is 6.07 Å². The molecule has 0 atom stereocenters. The van der Waals surface area contributed by atoms with Crippen LogP contribution in [0.3, 0.4) is 0 Å². The normalized spacial score (nSPS) is 11.1. The van der Waals surface area contributed by atoms with Gasteiger partial charge in [-0.15, -0.1) is 10.2 Å². The number of furan rings is 1. The second-order valence-corrected chi connectivity index (χ2v) is 7.91. The van der Waals surface area contributed by atoms with Crippen molar-refractivity contribution >= 4 is 23.9 Å². The Hall–Kier alpha value is -3.85. The molecule has 0 aliphatic carbocycles. The van der Waals surface area contributed by atoms with Crippen molar-refractivity contribution in [3.63, 3.8) is 0 Å². The van der Waals surface area contributed by atoms with Gasteiger partial charge in [-0.25, -0.2) is 5.43 Å². The van der Waals surface area contributed by atoms with Gasteiger partial charge < -0.3 is 9.15 Å². The fourth-order valence-electron chi connectivity index (χ4n) is 3.08. The summed E-state index contributed by atoms with van der Waals surface area (Å²) in [6, 6.07) is 21.1. The maximum absolute atomic E-state index is 12.3. The number of carbonyl (C=O) groups is 1. The van der Waals surface area contributed by atoms with Gasteiger partial charge in [0.25, 0.3) is 5.91 Å². The SMILES string of the molecule is CCOc1ccc(-n2c(SCC(=O)NN=Cc3ccc(C)o3)nnc2-c2ccccc2)cc1. The smallest absolute Gasteiger partial charge is 0.250 e. The number of nitrogens with zero attached hydrogens (tertiary/aromatic N) is 4. The van der Waals surface area contributed by atoms with Crippen LogP contribution < -0.4 is 10.2 Å². The van der Waals surface area contributed by atoms with Gasteiger partial charge in [-0.3, -0.25) is 9.36 Å². The summed E-state index contributed by atoms with van der Waals surface area (Å²) in [4.78, 5) is 12.3. The molecule has 4 rings (SSSR count). The molecule has 1 amide bonds. The first kappa shape index (κ1) is 22.3. The van der Waals surface area contributed by atoms with Crippen LogP contribution in [0.5, 0.6) is 5.75 Å². The van der Waals surface area contributed by atoms with Crippen molar-refractivity contribution in [2.45, 2.75) is 19.0 Å². The van der Waals surface area contributed by atoms with E-state index in [2.05, 4.69) is 20.7 Å². The molecule has 0 aliphatic heterocycles. The average molecular weight is 462 g/mol. The molecular weight excluding hydrogens is 438 g/mol. The minimum absolute atomic E-state index is 0.123. The van der Waals surface area contributed by atoms with Crippen molar-refractivity contribution in [2.75, 3.05) is 12.4 Å². The molecule has 0 bridgehead atoms. The number of nitrogens with one attached hydrogen (secondary N) is 1. The Kier molecular flexibility index (Phi) is 7.21. The molecule has 168 valence electrons. The van der Waals surface area contributed by atoms with Crippen molar-refractivity contribution in [3.05, 3.63) is 78.3 Å². The Morgan fingerprint density at radius 3 is 2.61 bits per heavy atom. The first-order valence-electron chi connectivity index (χ1n) is 10.4. The van der Waals surface area contributed by atoms with E-state index in [-0.39, 0.29) is 11.7 Å². The van der Waals surface area contributed by atoms with Crippen molar-refractivity contribution in [3.8, 4) is 22.8 Å². The molecule has 0 spiro atoms. The van der Waals surface area contributed by atoms with E-state index in [1.807, 2.05) is 79.1 Å². The summed E-state index contributed by atoms with van der Waals surface area (Å²) in [7, 11) is 0. The zero-order valence-corrected chi connectivity index (χ0v) is 19.1. The lowest BCUT2D eigenvalue weighted by Crippen LogP contribution is -2.19. The Balaban J connectivity index is 1.52. The van der Waals surface area contributed by atoms with Crippen LogP contribution in [-0.4, -0.2) is 39.2 Å². The molecule has 0 unspecified atom stereocenters. The molecule has 1 N–H and O–H groups in total. The number of ether oxygens (including phenoxy) is 1. The number of hydrogen-bond donors (Lipinski definition) is 1. The molecule has 0 fully saturated rings. The quantitative estimate of drug-likeness (QED) is 0.224. The fraction of sp³-hybridized carbons (Fsp3) is 0.167. The summed E-state index contributed by atoms with van der Waals surface area (Å²) in [5.41, 5.74) is 4.30. The van der Waals surface area contributed by atoms with Gasteiger partial charge in [-0.2, -0.15) is 5.10 Å². The molecule has 33 heavy (non-hydrogen) atoms. The second kappa shape index (κ2) is 10.6. The highest BCUT2D eigenvalue weighted by Gasteiger charge is 2.17. The van der Waals surface area contributed by atoms with Gasteiger partial charge in [0.2, 0.25) is 0 Å². The van der Waals surface area contributed by atoms with Crippen LogP contribution in [0.25, 0.3) is 17.1 Å². The van der Waals surface area contributed by atoms with Crippen LogP contribution in [-0.2, 0) is 4.79 Å². The Labute approximate surface area is 195 Å². The summed E-state index contributed by atoms with van der Waals surface area (Å²) >= 11 is 1.28. The summed E-state index contributed by atoms with van der Waals surface area (Å²) < 4.78 is 12.9. The number of rotatable bonds is 9. The Morgan fingerprint density at radius 2 is 1.91 bits per heavy atom. The highest BCUT2D eigenvalue weighted by Crippen LogP contribution is 2.28. The highest BCUT2D eigenvalue weighted by molar-refractivity contribution is 7.99. The van der Waals surface area contributed by atoms with Gasteiger partial charge in [-0.1, -0.05) is 42.1 Å². The zero-order chi connectivity index (χ0) is 23.0. The topological polar surface area (TPSA) is 94.5 Å². The second-order valence-electron chi connectivity index (χ2n) is 6.96. The standard InChI is InChI=1S/C24H23N5O3S/c1-3-31-20-13-10-19(11-14-20)29-23(18-7-5-4-6-8-18)27-28-24(29)33-16-22(30)26-25-15-21-12-9-17(2)32-21/h4-15H,3,16H2,1-2H3,(H,26,30). The molecule has 0 aliphatic rings. The van der Waals surface area contributed by atoms with Gasteiger partial charge in [0.05, 0.1) is 18.6 Å². The Bertz CT molecular complexity index is 1230. The predicted octanol–water partition coefficient (Wildman–Crippen LogP) is 4.48. The molecule has 4 aromatic rings. The van der Waals surface area contributed by atoms with E-state index in [4.69, 9.17) is 9.15 Å². The van der Waals surface area contributed by atoms with E-state index in [1.165, 1.54) is 18.0 Å². The monoisotopic (exact) mass is 461 g/mol. The minimum atomic E-state index is -0.262. The molecule has 2 heterocycles. The fourth-order valence-corrected chi connectivity index (χ4v) is 3.83. The maximum atomic E-state index is 12.3. The van der Waals surface area contributed by atoms with Crippen molar-refractivity contribution < 1.29 is 13.9 Å². The number of aromatic nitrogens is 3. The van der Waals surface area contributed by atoms with E-state index in [0.717, 1.165) is 22.8 Å². The minimum Gasteiger partial charge on any atom is -0.494 e. The first-order chi connectivity index (χ1) is 16.1. The molecule has 0 saturated heterocycles. The number of hydrogen-bond acceptors (Lipinski definition) is 7. The van der Waals surface area contributed by atoms with Crippen LogP contribution in [0.15, 0.2) is 81.4 Å². The number of hydrazone groups is 1. The Morgan fingerprint density at radius 1 is 1.12 bits per heavy atom. The van der Waals surface area contributed by atoms with Crippen LogP contribution >= 0.6 is 11.8 Å². The number of thioether (sulfide) groups is 1. The largest absolute Gasteiger partial charge is 0.494 e. The molecule has 0 saturated carbocycles. The van der Waals surface area contributed by atoms with Gasteiger partial charge in [-0.05, 0) is 50.2 Å². The van der Waals surface area contributed by atoms with E-state index in [9.17, 15) is 4.79 Å². The van der Waals surface area contributed by atoms with E-state index in [0.29, 0.717) is 23.3 Å². The summed E-state index contributed by atoms with van der Waals surface area (Å²) in [5.74, 6) is 2.69. The third-order valence-electron chi connectivity index (χ3n) is 4.55. The highest BCUT2D eigenvalue weighted by atomic mass is 32.2. The molecule has 9 heteroatoms. The van der Waals surface area contributed by atoms with Gasteiger partial charge in [0.1, 0.15) is 17.3 Å².